The van der Waals surface area contributed by atoms with Gasteiger partial charge in [0.25, 0.3) is 0 Å². The number of ketones is 1. The number of anilines is 1. The lowest BCUT2D eigenvalue weighted by Gasteiger charge is -2.25. The van der Waals surface area contributed by atoms with Crippen LogP contribution in [0.3, 0.4) is 0 Å². The highest BCUT2D eigenvalue weighted by Crippen LogP contribution is 2.33. The SMILES string of the molecule is CC.CCCN(CCC)c1cccc(Cl)c1C.CCOC(=O)c1c2c(n(CC(=O)C(C)CC)c1CC)CCC(F)C2. The normalized spacial score (nSPS) is 14.6. The summed E-state index contributed by atoms with van der Waals surface area (Å²) in [4.78, 5) is 27.3. The molecule has 0 saturated carbocycles. The molecular weight excluding hydrogens is 539 g/mol. The van der Waals surface area contributed by atoms with Crippen LogP contribution in [0.25, 0.3) is 0 Å². The summed E-state index contributed by atoms with van der Waals surface area (Å²) in [6.07, 6.45) is 4.07. The second-order valence-electron chi connectivity index (χ2n) is 10.4. The van der Waals surface area contributed by atoms with Gasteiger partial charge in [0.05, 0.1) is 18.7 Å². The standard InChI is InChI=1S/C19H28FNO3.C13H20ClN.C2H6/c1-5-12(4)17(22)11-21-15(6-2)18(19(23)24-7-3)14-10-13(20)8-9-16(14)21;1-4-9-15(10-5-2)13-8-6-7-12(14)11(13)3;1-2/h12-13H,5-11H2,1-4H3;6-8H,4-5,9-10H2,1-3H3;1-2H3. The van der Waals surface area contributed by atoms with Gasteiger partial charge < -0.3 is 14.2 Å². The molecule has 3 rings (SSSR count). The fourth-order valence-corrected chi connectivity index (χ4v) is 5.44. The maximum Gasteiger partial charge on any atom is 0.340 e. The summed E-state index contributed by atoms with van der Waals surface area (Å²) in [7, 11) is 0. The Bertz CT molecular complexity index is 1090. The lowest BCUT2D eigenvalue weighted by Crippen LogP contribution is -2.25. The highest BCUT2D eigenvalue weighted by molar-refractivity contribution is 6.31. The molecule has 2 atom stereocenters. The maximum atomic E-state index is 14.0. The zero-order valence-corrected chi connectivity index (χ0v) is 27.8. The van der Waals surface area contributed by atoms with Crippen molar-refractivity contribution in [3.63, 3.8) is 0 Å². The molecule has 1 aliphatic rings. The predicted molar refractivity (Wildman–Crippen MR) is 171 cm³/mol. The van der Waals surface area contributed by atoms with Gasteiger partial charge in [-0.25, -0.2) is 9.18 Å². The number of esters is 1. The molecule has 5 nitrogen and oxygen atoms in total. The number of alkyl halides is 1. The fraction of sp³-hybridized carbons (Fsp3) is 0.647. The second-order valence-corrected chi connectivity index (χ2v) is 10.8. The van der Waals surface area contributed by atoms with Gasteiger partial charge in [0, 0.05) is 47.5 Å². The van der Waals surface area contributed by atoms with Crippen molar-refractivity contribution in [3.8, 4) is 0 Å². The first-order valence-corrected chi connectivity index (χ1v) is 16.1. The number of Topliss-reactive ketones (excluding diaryl/α,β-unsaturated/α-hetero) is 1. The number of rotatable bonds is 12. The maximum absolute atomic E-state index is 14.0. The second kappa shape index (κ2) is 19.0. The largest absolute Gasteiger partial charge is 0.462 e. The van der Waals surface area contributed by atoms with Crippen LogP contribution >= 0.6 is 11.6 Å². The first-order valence-electron chi connectivity index (χ1n) is 15.7. The summed E-state index contributed by atoms with van der Waals surface area (Å²) in [6.45, 7) is 20.9. The number of benzene rings is 1. The van der Waals surface area contributed by atoms with Gasteiger partial charge >= 0.3 is 5.97 Å². The molecule has 232 valence electrons. The average Bonchev–Trinajstić information content (AvgIpc) is 3.27. The summed E-state index contributed by atoms with van der Waals surface area (Å²) >= 11 is 6.13. The van der Waals surface area contributed by atoms with Crippen LogP contribution in [-0.4, -0.2) is 42.2 Å². The first-order chi connectivity index (χ1) is 19.6. The van der Waals surface area contributed by atoms with Crippen LogP contribution < -0.4 is 4.90 Å². The molecule has 0 radical (unpaired) electrons. The fourth-order valence-electron chi connectivity index (χ4n) is 5.28. The summed E-state index contributed by atoms with van der Waals surface area (Å²) in [5, 5.41) is 0.865. The number of carbonyl (C=O) groups excluding carboxylic acids is 2. The van der Waals surface area contributed by atoms with Crippen molar-refractivity contribution in [1.82, 2.24) is 4.57 Å². The van der Waals surface area contributed by atoms with E-state index in [1.165, 1.54) is 24.1 Å². The molecule has 41 heavy (non-hydrogen) atoms. The zero-order chi connectivity index (χ0) is 31.1. The Balaban J connectivity index is 0.000000425. The summed E-state index contributed by atoms with van der Waals surface area (Å²) < 4.78 is 21.1. The van der Waals surface area contributed by atoms with E-state index in [0.717, 1.165) is 41.5 Å². The van der Waals surface area contributed by atoms with E-state index >= 15 is 0 Å². The monoisotopic (exact) mass is 592 g/mol. The molecular formula is C34H54ClFN2O3. The van der Waals surface area contributed by atoms with Crippen molar-refractivity contribution in [1.29, 1.82) is 0 Å². The topological polar surface area (TPSA) is 51.5 Å². The molecule has 0 saturated heterocycles. The Labute approximate surface area is 253 Å². The highest BCUT2D eigenvalue weighted by atomic mass is 35.5. The average molecular weight is 593 g/mol. The van der Waals surface area contributed by atoms with Gasteiger partial charge in [0.1, 0.15) is 6.17 Å². The van der Waals surface area contributed by atoms with Gasteiger partial charge in [-0.1, -0.05) is 66.1 Å². The number of hydrogen-bond donors (Lipinski definition) is 0. The minimum atomic E-state index is -0.934. The molecule has 0 amide bonds. The van der Waals surface area contributed by atoms with Crippen molar-refractivity contribution in [2.75, 3.05) is 24.6 Å². The van der Waals surface area contributed by atoms with E-state index in [9.17, 15) is 14.0 Å². The molecule has 1 aliphatic carbocycles. The number of ether oxygens (including phenoxy) is 1. The Morgan fingerprint density at radius 3 is 2.29 bits per heavy atom. The number of hydrogen-bond acceptors (Lipinski definition) is 4. The lowest BCUT2D eigenvalue weighted by atomic mass is 9.92. The van der Waals surface area contributed by atoms with Crippen LogP contribution in [0.5, 0.6) is 0 Å². The lowest BCUT2D eigenvalue weighted by molar-refractivity contribution is -0.123. The number of aromatic nitrogens is 1. The molecule has 1 aromatic heterocycles. The van der Waals surface area contributed by atoms with Crippen molar-refractivity contribution in [2.24, 2.45) is 5.92 Å². The van der Waals surface area contributed by atoms with Crippen molar-refractivity contribution in [3.05, 3.63) is 51.3 Å². The predicted octanol–water partition coefficient (Wildman–Crippen LogP) is 8.97. The molecule has 0 fully saturated rings. The van der Waals surface area contributed by atoms with Crippen LogP contribution in [0.1, 0.15) is 114 Å². The first kappa shape index (κ1) is 36.7. The molecule has 2 unspecified atom stereocenters. The summed E-state index contributed by atoms with van der Waals surface area (Å²) in [5.41, 5.74) is 5.48. The van der Waals surface area contributed by atoms with Gasteiger partial charge in [-0.2, -0.15) is 0 Å². The van der Waals surface area contributed by atoms with Crippen molar-refractivity contribution >= 4 is 29.0 Å². The highest BCUT2D eigenvalue weighted by Gasteiger charge is 2.32. The van der Waals surface area contributed by atoms with E-state index in [4.69, 9.17) is 16.3 Å². The molecule has 0 N–H and O–H groups in total. The molecule has 0 spiro atoms. The van der Waals surface area contributed by atoms with E-state index in [0.29, 0.717) is 24.8 Å². The molecule has 2 aromatic rings. The third kappa shape index (κ3) is 9.87. The van der Waals surface area contributed by atoms with Crippen LogP contribution in [0.4, 0.5) is 10.1 Å². The Hall–Kier alpha value is -2.34. The van der Waals surface area contributed by atoms with E-state index in [1.807, 2.05) is 51.3 Å². The molecule has 1 aromatic carbocycles. The summed E-state index contributed by atoms with van der Waals surface area (Å²) in [6, 6.07) is 6.14. The van der Waals surface area contributed by atoms with E-state index in [2.05, 4.69) is 31.7 Å². The number of carbonyl (C=O) groups is 2. The van der Waals surface area contributed by atoms with Crippen LogP contribution in [-0.2, 0) is 35.3 Å². The quantitative estimate of drug-likeness (QED) is 0.231. The molecule has 7 heteroatoms. The minimum absolute atomic E-state index is 0.0173. The van der Waals surface area contributed by atoms with Gasteiger partial charge in [-0.05, 0) is 75.6 Å². The van der Waals surface area contributed by atoms with Crippen LogP contribution in [0, 0.1) is 12.8 Å². The van der Waals surface area contributed by atoms with Gasteiger partial charge in [0.2, 0.25) is 0 Å². The minimum Gasteiger partial charge on any atom is -0.462 e. The van der Waals surface area contributed by atoms with E-state index in [-0.39, 0.29) is 31.3 Å². The third-order valence-electron chi connectivity index (χ3n) is 7.57. The third-order valence-corrected chi connectivity index (χ3v) is 7.98. The Kier molecular flexibility index (Phi) is 17.0. The number of fused-ring (bicyclic) bond motifs is 1. The Morgan fingerprint density at radius 2 is 1.76 bits per heavy atom. The van der Waals surface area contributed by atoms with Crippen molar-refractivity contribution < 1.29 is 18.7 Å². The van der Waals surface area contributed by atoms with Gasteiger partial charge in [-0.15, -0.1) is 0 Å². The van der Waals surface area contributed by atoms with Gasteiger partial charge in [-0.3, -0.25) is 4.79 Å². The van der Waals surface area contributed by atoms with Crippen LogP contribution in [0.15, 0.2) is 18.2 Å². The number of halogens is 2. The van der Waals surface area contributed by atoms with Gasteiger partial charge in [0.15, 0.2) is 5.78 Å². The summed E-state index contributed by atoms with van der Waals surface area (Å²) in [5.74, 6) is -0.256. The zero-order valence-electron chi connectivity index (χ0n) is 27.0. The Morgan fingerprint density at radius 1 is 1.12 bits per heavy atom. The molecule has 1 heterocycles. The molecule has 0 aliphatic heterocycles. The van der Waals surface area contributed by atoms with Crippen LogP contribution in [0.2, 0.25) is 5.02 Å². The van der Waals surface area contributed by atoms with E-state index < -0.39 is 12.1 Å². The molecule has 0 bridgehead atoms. The smallest absolute Gasteiger partial charge is 0.340 e. The van der Waals surface area contributed by atoms with Crippen molar-refractivity contribution in [2.45, 2.75) is 120 Å². The number of nitrogens with zero attached hydrogens (tertiary/aromatic N) is 2. The van der Waals surface area contributed by atoms with E-state index in [1.54, 1.807) is 6.92 Å².